The van der Waals surface area contributed by atoms with E-state index < -0.39 is 0 Å². The molecule has 1 heterocycles. The van der Waals surface area contributed by atoms with Gasteiger partial charge in [0.25, 0.3) is 0 Å². The summed E-state index contributed by atoms with van der Waals surface area (Å²) in [7, 11) is 0. The summed E-state index contributed by atoms with van der Waals surface area (Å²) in [5.74, 6) is 0.884. The highest BCUT2D eigenvalue weighted by atomic mass is 15.0. The number of aromatic nitrogens is 2. The van der Waals surface area contributed by atoms with E-state index in [0.717, 1.165) is 24.5 Å². The summed E-state index contributed by atoms with van der Waals surface area (Å²) < 4.78 is 0. The zero-order valence-electron chi connectivity index (χ0n) is 9.04. The first-order chi connectivity index (χ1) is 6.70. The summed E-state index contributed by atoms with van der Waals surface area (Å²) in [4.78, 5) is 8.35. The number of hydrogen-bond acceptors (Lipinski definition) is 3. The van der Waals surface area contributed by atoms with E-state index in [1.807, 2.05) is 6.92 Å². The van der Waals surface area contributed by atoms with Gasteiger partial charge >= 0.3 is 0 Å². The highest BCUT2D eigenvalue weighted by Crippen LogP contribution is 2.05. The van der Waals surface area contributed by atoms with Crippen molar-refractivity contribution in [3.8, 4) is 0 Å². The SMILES string of the molecule is CC(C)=CCCNc1nccnc1C. The van der Waals surface area contributed by atoms with Crippen LogP contribution in [0.15, 0.2) is 24.0 Å². The van der Waals surface area contributed by atoms with Gasteiger partial charge in [-0.2, -0.15) is 0 Å². The predicted molar refractivity (Wildman–Crippen MR) is 59.3 cm³/mol. The molecule has 1 rings (SSSR count). The van der Waals surface area contributed by atoms with Crippen molar-refractivity contribution in [2.24, 2.45) is 0 Å². The Balaban J connectivity index is 2.39. The smallest absolute Gasteiger partial charge is 0.147 e. The zero-order chi connectivity index (χ0) is 10.4. The van der Waals surface area contributed by atoms with Crippen LogP contribution < -0.4 is 5.32 Å². The minimum atomic E-state index is 0.884. The summed E-state index contributed by atoms with van der Waals surface area (Å²) >= 11 is 0. The number of hydrogen-bond donors (Lipinski definition) is 1. The molecular formula is C11H17N3. The fourth-order valence-corrected chi connectivity index (χ4v) is 1.13. The van der Waals surface area contributed by atoms with Gasteiger partial charge < -0.3 is 5.32 Å². The molecule has 0 bridgehead atoms. The molecule has 3 nitrogen and oxygen atoms in total. The lowest BCUT2D eigenvalue weighted by Gasteiger charge is -2.05. The Morgan fingerprint density at radius 3 is 2.71 bits per heavy atom. The Hall–Kier alpha value is -1.38. The molecule has 0 amide bonds. The third kappa shape index (κ3) is 3.56. The average molecular weight is 191 g/mol. The van der Waals surface area contributed by atoms with Gasteiger partial charge in [0, 0.05) is 18.9 Å². The standard InChI is InChI=1S/C11H17N3/c1-9(2)5-4-6-13-11-10(3)12-7-8-14-11/h5,7-8H,4,6H2,1-3H3,(H,13,14). The minimum absolute atomic E-state index is 0.884. The fraction of sp³-hybridized carbons (Fsp3) is 0.455. The van der Waals surface area contributed by atoms with E-state index >= 15 is 0 Å². The van der Waals surface area contributed by atoms with Crippen molar-refractivity contribution >= 4 is 5.82 Å². The van der Waals surface area contributed by atoms with Crippen molar-refractivity contribution in [1.29, 1.82) is 0 Å². The summed E-state index contributed by atoms with van der Waals surface area (Å²) in [5, 5.41) is 3.25. The van der Waals surface area contributed by atoms with Crippen LogP contribution >= 0.6 is 0 Å². The molecule has 14 heavy (non-hydrogen) atoms. The van der Waals surface area contributed by atoms with E-state index in [9.17, 15) is 0 Å². The van der Waals surface area contributed by atoms with Gasteiger partial charge in [-0.1, -0.05) is 11.6 Å². The van der Waals surface area contributed by atoms with Crippen LogP contribution in [0.3, 0.4) is 0 Å². The van der Waals surface area contributed by atoms with E-state index in [1.54, 1.807) is 12.4 Å². The lowest BCUT2D eigenvalue weighted by molar-refractivity contribution is 1.01. The van der Waals surface area contributed by atoms with Gasteiger partial charge in [-0.25, -0.2) is 4.98 Å². The van der Waals surface area contributed by atoms with E-state index in [4.69, 9.17) is 0 Å². The Morgan fingerprint density at radius 1 is 1.36 bits per heavy atom. The monoisotopic (exact) mass is 191 g/mol. The lowest BCUT2D eigenvalue weighted by atomic mass is 10.2. The van der Waals surface area contributed by atoms with Crippen LogP contribution in [0.4, 0.5) is 5.82 Å². The van der Waals surface area contributed by atoms with Crippen LogP contribution in [0.25, 0.3) is 0 Å². The maximum absolute atomic E-state index is 4.20. The molecule has 3 heteroatoms. The quantitative estimate of drug-likeness (QED) is 0.587. The molecule has 0 fully saturated rings. The highest BCUT2D eigenvalue weighted by molar-refractivity contribution is 5.38. The number of nitrogens with zero attached hydrogens (tertiary/aromatic N) is 2. The summed E-state index contributed by atoms with van der Waals surface area (Å²) in [6, 6.07) is 0. The van der Waals surface area contributed by atoms with Gasteiger partial charge in [0.15, 0.2) is 0 Å². The van der Waals surface area contributed by atoms with Crippen molar-refractivity contribution in [2.75, 3.05) is 11.9 Å². The molecule has 0 aromatic carbocycles. The fourth-order valence-electron chi connectivity index (χ4n) is 1.13. The van der Waals surface area contributed by atoms with Gasteiger partial charge in [-0.3, -0.25) is 4.98 Å². The van der Waals surface area contributed by atoms with E-state index in [2.05, 4.69) is 35.2 Å². The largest absolute Gasteiger partial charge is 0.368 e. The van der Waals surface area contributed by atoms with Crippen molar-refractivity contribution in [1.82, 2.24) is 9.97 Å². The molecule has 76 valence electrons. The molecule has 1 aromatic rings. The van der Waals surface area contributed by atoms with Crippen molar-refractivity contribution in [3.05, 3.63) is 29.7 Å². The first-order valence-electron chi connectivity index (χ1n) is 4.85. The molecule has 1 aromatic heterocycles. The van der Waals surface area contributed by atoms with Gasteiger partial charge in [-0.05, 0) is 27.2 Å². The molecule has 1 N–H and O–H groups in total. The molecule has 0 aliphatic heterocycles. The Kier molecular flexibility index (Phi) is 4.11. The van der Waals surface area contributed by atoms with Gasteiger partial charge in [-0.15, -0.1) is 0 Å². The molecule has 0 aliphatic carbocycles. The van der Waals surface area contributed by atoms with Crippen LogP contribution in [-0.4, -0.2) is 16.5 Å². The van der Waals surface area contributed by atoms with Crippen molar-refractivity contribution in [3.63, 3.8) is 0 Å². The molecule has 0 unspecified atom stereocenters. The van der Waals surface area contributed by atoms with Crippen LogP contribution in [0.5, 0.6) is 0 Å². The second-order valence-electron chi connectivity index (χ2n) is 3.49. The Morgan fingerprint density at radius 2 is 2.07 bits per heavy atom. The summed E-state index contributed by atoms with van der Waals surface area (Å²) in [6.45, 7) is 7.07. The van der Waals surface area contributed by atoms with E-state index in [1.165, 1.54) is 5.57 Å². The van der Waals surface area contributed by atoms with Gasteiger partial charge in [0.05, 0.1) is 5.69 Å². The third-order valence-corrected chi connectivity index (χ3v) is 1.87. The Labute approximate surface area is 85.3 Å². The normalized spacial score (nSPS) is 9.64. The van der Waals surface area contributed by atoms with Crippen molar-refractivity contribution in [2.45, 2.75) is 27.2 Å². The van der Waals surface area contributed by atoms with Crippen LogP contribution in [0.1, 0.15) is 26.0 Å². The maximum Gasteiger partial charge on any atom is 0.147 e. The molecule has 0 spiro atoms. The van der Waals surface area contributed by atoms with Crippen molar-refractivity contribution < 1.29 is 0 Å². The second-order valence-corrected chi connectivity index (χ2v) is 3.49. The highest BCUT2D eigenvalue weighted by Gasteiger charge is 1.96. The Bertz CT molecular complexity index is 314. The number of anilines is 1. The van der Waals surface area contributed by atoms with Crippen LogP contribution in [-0.2, 0) is 0 Å². The number of allylic oxidation sites excluding steroid dienone is 1. The minimum Gasteiger partial charge on any atom is -0.368 e. The summed E-state index contributed by atoms with van der Waals surface area (Å²) in [5.41, 5.74) is 2.30. The molecule has 0 saturated heterocycles. The predicted octanol–water partition coefficient (Wildman–Crippen LogP) is 2.55. The molecule has 0 saturated carbocycles. The third-order valence-electron chi connectivity index (χ3n) is 1.87. The second kappa shape index (κ2) is 5.37. The van der Waals surface area contributed by atoms with Crippen LogP contribution in [0, 0.1) is 6.92 Å². The number of nitrogens with one attached hydrogen (secondary N) is 1. The first kappa shape index (κ1) is 10.7. The first-order valence-corrected chi connectivity index (χ1v) is 4.85. The molecule has 0 atom stereocenters. The van der Waals surface area contributed by atoms with Gasteiger partial charge in [0.1, 0.15) is 5.82 Å². The van der Waals surface area contributed by atoms with Crippen LogP contribution in [0.2, 0.25) is 0 Å². The van der Waals surface area contributed by atoms with E-state index in [-0.39, 0.29) is 0 Å². The maximum atomic E-state index is 4.20. The average Bonchev–Trinajstić information content (AvgIpc) is 2.15. The molecule has 0 radical (unpaired) electrons. The topological polar surface area (TPSA) is 37.8 Å². The number of rotatable bonds is 4. The van der Waals surface area contributed by atoms with E-state index in [0.29, 0.717) is 0 Å². The molecule has 0 aliphatic rings. The number of aryl methyl sites for hydroxylation is 1. The van der Waals surface area contributed by atoms with Gasteiger partial charge in [0.2, 0.25) is 0 Å². The zero-order valence-corrected chi connectivity index (χ0v) is 9.04. The lowest BCUT2D eigenvalue weighted by Crippen LogP contribution is -2.04. The summed E-state index contributed by atoms with van der Waals surface area (Å²) in [6.07, 6.45) is 6.64. The molecular weight excluding hydrogens is 174 g/mol.